The third-order valence-corrected chi connectivity index (χ3v) is 3.47. The van der Waals surface area contributed by atoms with Crippen LogP contribution in [0.15, 0.2) is 59.3 Å². The second-order valence-corrected chi connectivity index (χ2v) is 5.49. The monoisotopic (exact) mass is 322 g/mol. The third-order valence-electron chi connectivity index (χ3n) is 3.47. The van der Waals surface area contributed by atoms with E-state index in [1.165, 1.54) is 0 Å². The Kier molecular flexibility index (Phi) is 4.56. The third kappa shape index (κ3) is 3.60. The van der Waals surface area contributed by atoms with E-state index in [-0.39, 0.29) is 5.91 Å². The van der Waals surface area contributed by atoms with Gasteiger partial charge in [-0.2, -0.15) is 0 Å². The number of benzene rings is 1. The molecule has 122 valence electrons. The molecule has 0 saturated heterocycles. The van der Waals surface area contributed by atoms with Gasteiger partial charge in [0, 0.05) is 31.4 Å². The van der Waals surface area contributed by atoms with Gasteiger partial charge in [-0.05, 0) is 24.3 Å². The first-order valence-corrected chi connectivity index (χ1v) is 7.55. The number of carbonyl (C=O) groups is 1. The smallest absolute Gasteiger partial charge is 0.251 e. The number of oxazole rings is 1. The van der Waals surface area contributed by atoms with Crippen molar-refractivity contribution in [1.82, 2.24) is 15.3 Å². The van der Waals surface area contributed by atoms with Crippen LogP contribution >= 0.6 is 0 Å². The SMILES string of the molecule is CN(C)c1cc(C(=O)NCc2coc(-c3ccccc3)n2)ccn1. The summed E-state index contributed by atoms with van der Waals surface area (Å²) in [7, 11) is 3.76. The van der Waals surface area contributed by atoms with Gasteiger partial charge in [0.1, 0.15) is 12.1 Å². The average molecular weight is 322 g/mol. The highest BCUT2D eigenvalue weighted by molar-refractivity contribution is 5.94. The fourth-order valence-electron chi connectivity index (χ4n) is 2.18. The van der Waals surface area contributed by atoms with Gasteiger partial charge in [-0.1, -0.05) is 18.2 Å². The minimum absolute atomic E-state index is 0.176. The Hall–Kier alpha value is -3.15. The van der Waals surface area contributed by atoms with Gasteiger partial charge < -0.3 is 14.6 Å². The molecule has 0 atom stereocenters. The molecule has 0 spiro atoms. The molecule has 1 amide bonds. The number of aromatic nitrogens is 2. The van der Waals surface area contributed by atoms with Gasteiger partial charge >= 0.3 is 0 Å². The number of pyridine rings is 1. The molecule has 0 bridgehead atoms. The van der Waals surface area contributed by atoms with Crippen LogP contribution in [0.25, 0.3) is 11.5 Å². The van der Waals surface area contributed by atoms with E-state index in [2.05, 4.69) is 15.3 Å². The van der Waals surface area contributed by atoms with Crippen molar-refractivity contribution in [2.24, 2.45) is 0 Å². The number of amides is 1. The molecule has 0 radical (unpaired) electrons. The maximum Gasteiger partial charge on any atom is 0.251 e. The van der Waals surface area contributed by atoms with Crippen molar-refractivity contribution in [2.75, 3.05) is 19.0 Å². The zero-order chi connectivity index (χ0) is 16.9. The molecule has 6 nitrogen and oxygen atoms in total. The lowest BCUT2D eigenvalue weighted by atomic mass is 10.2. The van der Waals surface area contributed by atoms with Crippen molar-refractivity contribution >= 4 is 11.7 Å². The molecule has 1 N–H and O–H groups in total. The number of carbonyl (C=O) groups excluding carboxylic acids is 1. The summed E-state index contributed by atoms with van der Waals surface area (Å²) >= 11 is 0. The first kappa shape index (κ1) is 15.7. The maximum atomic E-state index is 12.3. The molecule has 3 rings (SSSR count). The molecule has 0 unspecified atom stereocenters. The summed E-state index contributed by atoms with van der Waals surface area (Å²) in [5.74, 6) is 1.10. The van der Waals surface area contributed by atoms with E-state index in [0.717, 1.165) is 11.4 Å². The van der Waals surface area contributed by atoms with Crippen LogP contribution in [0.3, 0.4) is 0 Å². The van der Waals surface area contributed by atoms with Crippen LogP contribution in [0.1, 0.15) is 16.1 Å². The standard InChI is InChI=1S/C18H18N4O2/c1-22(2)16-10-14(8-9-19-16)17(23)20-11-15-12-24-18(21-15)13-6-4-3-5-7-13/h3-10,12H,11H2,1-2H3,(H,20,23). The quantitative estimate of drug-likeness (QED) is 0.782. The topological polar surface area (TPSA) is 71.3 Å². The molecule has 6 heteroatoms. The van der Waals surface area contributed by atoms with Gasteiger partial charge in [-0.15, -0.1) is 0 Å². The lowest BCUT2D eigenvalue weighted by molar-refractivity contribution is 0.0950. The fraction of sp³-hybridized carbons (Fsp3) is 0.167. The molecule has 0 aliphatic carbocycles. The van der Waals surface area contributed by atoms with Gasteiger partial charge in [0.05, 0.1) is 12.2 Å². The van der Waals surface area contributed by atoms with Crippen LogP contribution < -0.4 is 10.2 Å². The molecule has 0 aliphatic heterocycles. The van der Waals surface area contributed by atoms with Gasteiger partial charge in [0.25, 0.3) is 5.91 Å². The zero-order valence-corrected chi connectivity index (χ0v) is 13.6. The van der Waals surface area contributed by atoms with Crippen LogP contribution in [-0.2, 0) is 6.54 Å². The summed E-state index contributed by atoms with van der Waals surface area (Å²) in [6.07, 6.45) is 3.17. The Bertz CT molecular complexity index is 828. The highest BCUT2D eigenvalue weighted by atomic mass is 16.3. The summed E-state index contributed by atoms with van der Waals surface area (Å²) in [6.45, 7) is 0.300. The molecule has 0 aliphatic rings. The van der Waals surface area contributed by atoms with E-state index in [9.17, 15) is 4.79 Å². The lowest BCUT2D eigenvalue weighted by Crippen LogP contribution is -2.23. The van der Waals surface area contributed by atoms with E-state index < -0.39 is 0 Å². The molecule has 0 fully saturated rings. The molecule has 3 aromatic rings. The lowest BCUT2D eigenvalue weighted by Gasteiger charge is -2.11. The number of nitrogens with zero attached hydrogens (tertiary/aromatic N) is 3. The molecular weight excluding hydrogens is 304 g/mol. The molecule has 2 heterocycles. The van der Waals surface area contributed by atoms with Crippen molar-refractivity contribution in [2.45, 2.75) is 6.54 Å². The summed E-state index contributed by atoms with van der Waals surface area (Å²) in [5, 5.41) is 2.84. The average Bonchev–Trinajstić information content (AvgIpc) is 3.09. The van der Waals surface area contributed by atoms with Gasteiger partial charge in [0.15, 0.2) is 0 Å². The van der Waals surface area contributed by atoms with Crippen LogP contribution in [0.2, 0.25) is 0 Å². The Morgan fingerprint density at radius 3 is 2.75 bits per heavy atom. The first-order chi connectivity index (χ1) is 11.6. The zero-order valence-electron chi connectivity index (χ0n) is 13.6. The first-order valence-electron chi connectivity index (χ1n) is 7.55. The number of anilines is 1. The van der Waals surface area contributed by atoms with Crippen molar-refractivity contribution in [3.63, 3.8) is 0 Å². The van der Waals surface area contributed by atoms with E-state index in [1.54, 1.807) is 24.6 Å². The molecule has 2 aromatic heterocycles. The Morgan fingerprint density at radius 2 is 2.00 bits per heavy atom. The van der Waals surface area contributed by atoms with Crippen molar-refractivity contribution in [3.05, 3.63) is 66.2 Å². The Labute approximate surface area is 140 Å². The Morgan fingerprint density at radius 1 is 1.21 bits per heavy atom. The predicted molar refractivity (Wildman–Crippen MR) is 91.7 cm³/mol. The van der Waals surface area contributed by atoms with Gasteiger partial charge in [0.2, 0.25) is 5.89 Å². The van der Waals surface area contributed by atoms with Crippen molar-refractivity contribution < 1.29 is 9.21 Å². The second-order valence-electron chi connectivity index (χ2n) is 5.49. The van der Waals surface area contributed by atoms with Crippen LogP contribution in [-0.4, -0.2) is 30.0 Å². The van der Waals surface area contributed by atoms with Crippen LogP contribution in [0.5, 0.6) is 0 Å². The maximum absolute atomic E-state index is 12.3. The largest absolute Gasteiger partial charge is 0.444 e. The number of nitrogens with one attached hydrogen (secondary N) is 1. The van der Waals surface area contributed by atoms with Gasteiger partial charge in [-0.3, -0.25) is 4.79 Å². The van der Waals surface area contributed by atoms with E-state index >= 15 is 0 Å². The Balaban J connectivity index is 1.65. The van der Waals surface area contributed by atoms with E-state index in [4.69, 9.17) is 4.42 Å². The van der Waals surface area contributed by atoms with E-state index in [0.29, 0.717) is 23.7 Å². The second kappa shape index (κ2) is 6.95. The number of rotatable bonds is 5. The minimum Gasteiger partial charge on any atom is -0.444 e. The number of hydrogen-bond donors (Lipinski definition) is 1. The summed E-state index contributed by atoms with van der Waals surface area (Å²) in [5.41, 5.74) is 2.13. The summed E-state index contributed by atoms with van der Waals surface area (Å²) in [6, 6.07) is 13.1. The highest BCUT2D eigenvalue weighted by Crippen LogP contribution is 2.18. The van der Waals surface area contributed by atoms with Crippen molar-refractivity contribution in [1.29, 1.82) is 0 Å². The number of hydrogen-bond acceptors (Lipinski definition) is 5. The summed E-state index contributed by atoms with van der Waals surface area (Å²) in [4.78, 5) is 22.7. The molecule has 0 saturated carbocycles. The van der Waals surface area contributed by atoms with Crippen molar-refractivity contribution in [3.8, 4) is 11.5 Å². The van der Waals surface area contributed by atoms with Crippen LogP contribution in [0.4, 0.5) is 5.82 Å². The molecular formula is C18H18N4O2. The fourth-order valence-corrected chi connectivity index (χ4v) is 2.18. The van der Waals surface area contributed by atoms with E-state index in [1.807, 2.05) is 49.3 Å². The summed E-state index contributed by atoms with van der Waals surface area (Å²) < 4.78 is 5.46. The minimum atomic E-state index is -0.176. The highest BCUT2D eigenvalue weighted by Gasteiger charge is 2.10. The molecule has 24 heavy (non-hydrogen) atoms. The predicted octanol–water partition coefficient (Wildman–Crippen LogP) is 2.73. The molecule has 1 aromatic carbocycles. The van der Waals surface area contributed by atoms with Crippen LogP contribution in [0, 0.1) is 0 Å². The normalized spacial score (nSPS) is 10.4. The van der Waals surface area contributed by atoms with Gasteiger partial charge in [-0.25, -0.2) is 9.97 Å².